The standard InChI is InChI=1S/C22H19ClN2O6/c1-30-18-7-2-14(23)11-17(18)24-12-13(10-21(24)28)22(29)31-16-5-3-15(4-6-16)25-19(26)8-9-20(25)27/h2-7,11,13H,8-10,12H2,1H3/t13-/m0/s1. The van der Waals surface area contributed by atoms with Crippen molar-refractivity contribution in [1.29, 1.82) is 0 Å². The summed E-state index contributed by atoms with van der Waals surface area (Å²) in [5.41, 5.74) is 0.933. The van der Waals surface area contributed by atoms with Crippen LogP contribution in [0.15, 0.2) is 42.5 Å². The summed E-state index contributed by atoms with van der Waals surface area (Å²) in [5.74, 6) is -1.20. The lowest BCUT2D eigenvalue weighted by molar-refractivity contribution is -0.139. The number of carbonyl (C=O) groups excluding carboxylic acids is 4. The van der Waals surface area contributed by atoms with Crippen LogP contribution in [0.3, 0.4) is 0 Å². The third kappa shape index (κ3) is 4.11. The molecule has 0 aliphatic carbocycles. The van der Waals surface area contributed by atoms with E-state index in [1.807, 2.05) is 0 Å². The third-order valence-corrected chi connectivity index (χ3v) is 5.49. The van der Waals surface area contributed by atoms with Gasteiger partial charge >= 0.3 is 5.97 Å². The van der Waals surface area contributed by atoms with Crippen LogP contribution >= 0.6 is 11.6 Å². The highest BCUT2D eigenvalue weighted by molar-refractivity contribution is 6.31. The maximum absolute atomic E-state index is 12.6. The second-order valence-electron chi connectivity index (χ2n) is 7.26. The number of hydrogen-bond donors (Lipinski definition) is 0. The molecule has 3 amide bonds. The molecule has 2 saturated heterocycles. The minimum absolute atomic E-state index is 0.00334. The van der Waals surface area contributed by atoms with Gasteiger partial charge in [0.2, 0.25) is 17.7 Å². The molecule has 1 atom stereocenters. The van der Waals surface area contributed by atoms with E-state index in [-0.39, 0.29) is 49.3 Å². The SMILES string of the molecule is COc1ccc(Cl)cc1N1C[C@@H](C(=O)Oc2ccc(N3C(=O)CCC3=O)cc2)CC1=O. The van der Waals surface area contributed by atoms with Gasteiger partial charge in [0.15, 0.2) is 0 Å². The number of nitrogens with zero attached hydrogens (tertiary/aromatic N) is 2. The van der Waals surface area contributed by atoms with E-state index in [0.717, 1.165) is 4.90 Å². The zero-order valence-electron chi connectivity index (χ0n) is 16.7. The van der Waals surface area contributed by atoms with Gasteiger partial charge in [-0.25, -0.2) is 0 Å². The van der Waals surface area contributed by atoms with Gasteiger partial charge in [0.05, 0.1) is 24.4 Å². The van der Waals surface area contributed by atoms with Crippen molar-refractivity contribution >= 4 is 46.7 Å². The lowest BCUT2D eigenvalue weighted by Gasteiger charge is -2.19. The second-order valence-corrected chi connectivity index (χ2v) is 7.70. The van der Waals surface area contributed by atoms with Crippen LogP contribution in [0.5, 0.6) is 11.5 Å². The maximum Gasteiger partial charge on any atom is 0.316 e. The fourth-order valence-corrected chi connectivity index (χ4v) is 3.87. The number of amides is 3. The van der Waals surface area contributed by atoms with Gasteiger partial charge in [-0.2, -0.15) is 0 Å². The first-order valence-electron chi connectivity index (χ1n) is 9.69. The first kappa shape index (κ1) is 20.9. The van der Waals surface area contributed by atoms with Gasteiger partial charge in [-0.15, -0.1) is 0 Å². The van der Waals surface area contributed by atoms with Gasteiger partial charge in [-0.1, -0.05) is 11.6 Å². The summed E-state index contributed by atoms with van der Waals surface area (Å²) in [6.45, 7) is 0.142. The maximum atomic E-state index is 12.6. The molecule has 4 rings (SSSR count). The molecule has 2 aromatic carbocycles. The summed E-state index contributed by atoms with van der Waals surface area (Å²) in [6.07, 6.45) is 0.391. The summed E-state index contributed by atoms with van der Waals surface area (Å²) in [6, 6.07) is 11.1. The minimum atomic E-state index is -0.655. The predicted molar refractivity (Wildman–Crippen MR) is 112 cm³/mol. The van der Waals surface area contributed by atoms with Crippen LogP contribution < -0.4 is 19.3 Å². The Morgan fingerprint density at radius 3 is 2.32 bits per heavy atom. The van der Waals surface area contributed by atoms with Crippen molar-refractivity contribution in [2.24, 2.45) is 5.92 Å². The molecule has 0 aromatic heterocycles. The van der Waals surface area contributed by atoms with Crippen LogP contribution in [-0.4, -0.2) is 37.3 Å². The number of anilines is 2. The van der Waals surface area contributed by atoms with Crippen LogP contribution in [0, 0.1) is 5.92 Å². The summed E-state index contributed by atoms with van der Waals surface area (Å²) < 4.78 is 10.7. The number of ether oxygens (including phenoxy) is 2. The number of carbonyl (C=O) groups is 4. The van der Waals surface area contributed by atoms with Crippen LogP contribution in [0.4, 0.5) is 11.4 Å². The number of esters is 1. The van der Waals surface area contributed by atoms with Crippen molar-refractivity contribution in [2.75, 3.05) is 23.5 Å². The predicted octanol–water partition coefficient (Wildman–Crippen LogP) is 2.96. The largest absolute Gasteiger partial charge is 0.495 e. The van der Waals surface area contributed by atoms with Crippen molar-refractivity contribution < 1.29 is 28.7 Å². The highest BCUT2D eigenvalue weighted by Crippen LogP contribution is 2.35. The summed E-state index contributed by atoms with van der Waals surface area (Å²) >= 11 is 6.05. The minimum Gasteiger partial charge on any atom is -0.495 e. The van der Waals surface area contributed by atoms with E-state index in [4.69, 9.17) is 21.1 Å². The van der Waals surface area contributed by atoms with E-state index in [1.165, 1.54) is 24.1 Å². The number of methoxy groups -OCH3 is 1. The van der Waals surface area contributed by atoms with Gasteiger partial charge in [0, 0.05) is 30.8 Å². The molecule has 2 fully saturated rings. The molecule has 8 nitrogen and oxygen atoms in total. The second kappa shape index (κ2) is 8.39. The van der Waals surface area contributed by atoms with Gasteiger partial charge in [0.25, 0.3) is 0 Å². The summed E-state index contributed by atoms with van der Waals surface area (Å²) in [4.78, 5) is 51.4. The first-order chi connectivity index (χ1) is 14.9. The Hall–Kier alpha value is -3.39. The molecule has 2 aliphatic rings. The van der Waals surface area contributed by atoms with Crippen molar-refractivity contribution in [3.63, 3.8) is 0 Å². The zero-order chi connectivity index (χ0) is 22.1. The third-order valence-electron chi connectivity index (χ3n) is 5.25. The molecule has 2 aromatic rings. The number of hydrogen-bond acceptors (Lipinski definition) is 6. The smallest absolute Gasteiger partial charge is 0.316 e. The van der Waals surface area contributed by atoms with Gasteiger partial charge < -0.3 is 14.4 Å². The van der Waals surface area contributed by atoms with E-state index in [0.29, 0.717) is 22.1 Å². The van der Waals surface area contributed by atoms with Crippen molar-refractivity contribution in [2.45, 2.75) is 19.3 Å². The Morgan fingerprint density at radius 1 is 1.00 bits per heavy atom. The van der Waals surface area contributed by atoms with E-state index < -0.39 is 11.9 Å². The molecule has 9 heteroatoms. The van der Waals surface area contributed by atoms with Crippen LogP contribution in [0.25, 0.3) is 0 Å². The van der Waals surface area contributed by atoms with Crippen molar-refractivity contribution in [1.82, 2.24) is 0 Å². The molecule has 0 saturated carbocycles. The van der Waals surface area contributed by atoms with E-state index in [2.05, 4.69) is 0 Å². The topological polar surface area (TPSA) is 93.2 Å². The average molecular weight is 443 g/mol. The Kier molecular flexibility index (Phi) is 5.65. The average Bonchev–Trinajstić information content (AvgIpc) is 3.30. The molecular weight excluding hydrogens is 424 g/mol. The van der Waals surface area contributed by atoms with Crippen LogP contribution in [0.1, 0.15) is 19.3 Å². The normalized spacial score (nSPS) is 18.6. The molecule has 2 heterocycles. The fourth-order valence-electron chi connectivity index (χ4n) is 3.70. The van der Waals surface area contributed by atoms with Crippen molar-refractivity contribution in [3.8, 4) is 11.5 Å². The lowest BCUT2D eigenvalue weighted by Crippen LogP contribution is -2.28. The van der Waals surface area contributed by atoms with Crippen LogP contribution in [0.2, 0.25) is 5.02 Å². The summed E-state index contributed by atoms with van der Waals surface area (Å²) in [7, 11) is 1.49. The van der Waals surface area contributed by atoms with E-state index in [9.17, 15) is 19.2 Å². The molecular formula is C22H19ClN2O6. The first-order valence-corrected chi connectivity index (χ1v) is 10.1. The molecule has 160 valence electrons. The highest BCUT2D eigenvalue weighted by atomic mass is 35.5. The number of rotatable bonds is 5. The van der Waals surface area contributed by atoms with Crippen molar-refractivity contribution in [3.05, 3.63) is 47.5 Å². The quantitative estimate of drug-likeness (QED) is 0.401. The molecule has 0 unspecified atom stereocenters. The molecule has 0 spiro atoms. The van der Waals surface area contributed by atoms with Crippen LogP contribution in [-0.2, 0) is 19.2 Å². The Bertz CT molecular complexity index is 1050. The highest BCUT2D eigenvalue weighted by Gasteiger charge is 2.37. The molecule has 0 radical (unpaired) electrons. The molecule has 2 aliphatic heterocycles. The number of halogens is 1. The van der Waals surface area contributed by atoms with E-state index in [1.54, 1.807) is 30.3 Å². The monoisotopic (exact) mass is 442 g/mol. The Morgan fingerprint density at radius 2 is 1.68 bits per heavy atom. The molecule has 0 N–H and O–H groups in total. The van der Waals surface area contributed by atoms with E-state index >= 15 is 0 Å². The fraction of sp³-hybridized carbons (Fsp3) is 0.273. The van der Waals surface area contributed by atoms with Gasteiger partial charge in [-0.3, -0.25) is 24.1 Å². The number of benzene rings is 2. The molecule has 0 bridgehead atoms. The zero-order valence-corrected chi connectivity index (χ0v) is 17.4. The number of imide groups is 1. The lowest BCUT2D eigenvalue weighted by atomic mass is 10.1. The summed E-state index contributed by atoms with van der Waals surface area (Å²) in [5, 5.41) is 0.449. The Labute approximate surface area is 183 Å². The Balaban J connectivity index is 1.44. The van der Waals surface area contributed by atoms with Gasteiger partial charge in [0.1, 0.15) is 11.5 Å². The van der Waals surface area contributed by atoms with Gasteiger partial charge in [-0.05, 0) is 42.5 Å². The molecule has 31 heavy (non-hydrogen) atoms.